The van der Waals surface area contributed by atoms with Crippen molar-refractivity contribution < 1.29 is 10.4 Å². The Balaban J connectivity index is 4.99. The molecule has 0 aromatic carbocycles. The molecule has 0 rings (SSSR count). The van der Waals surface area contributed by atoms with E-state index in [1.165, 1.54) is 0 Å². The molecule has 0 aliphatic carbocycles. The van der Waals surface area contributed by atoms with Gasteiger partial charge in [0.25, 0.3) is 0 Å². The number of rotatable bonds is 8. The lowest BCUT2D eigenvalue weighted by atomic mass is 9.91. The zero-order chi connectivity index (χ0) is 16.9. The monoisotopic (exact) mass is 301 g/mol. The van der Waals surface area contributed by atoms with E-state index in [0.717, 1.165) is 0 Å². The molecule has 0 amide bonds. The number of hydrogen-bond acceptors (Lipinski definition) is 7. The molecule has 0 aromatic rings. The highest BCUT2D eigenvalue weighted by Crippen LogP contribution is 2.14. The van der Waals surface area contributed by atoms with Crippen LogP contribution in [-0.4, -0.2) is 51.5 Å². The van der Waals surface area contributed by atoms with Gasteiger partial charge >= 0.3 is 0 Å². The molecule has 0 saturated carbocycles. The Morgan fingerprint density at radius 3 is 1.76 bits per heavy atom. The summed E-state index contributed by atoms with van der Waals surface area (Å²) < 4.78 is 0. The van der Waals surface area contributed by atoms with Crippen LogP contribution in [0.4, 0.5) is 0 Å². The smallest absolute Gasteiger partial charge is 0.0734 e. The quantitative estimate of drug-likeness (QED) is 0.262. The Kier molecular flexibility index (Phi) is 6.79. The predicted molar refractivity (Wildman–Crippen MR) is 86.5 cm³/mol. The van der Waals surface area contributed by atoms with E-state index in [9.17, 15) is 0 Å². The van der Waals surface area contributed by atoms with Crippen molar-refractivity contribution in [1.82, 2.24) is 10.6 Å². The molecule has 0 aliphatic rings. The minimum atomic E-state index is -0.491. The third-order valence-corrected chi connectivity index (χ3v) is 4.09. The molecule has 0 aliphatic heterocycles. The molecule has 7 heteroatoms. The average Bonchev–Trinajstić information content (AvgIpc) is 2.42. The normalized spacial score (nSPS) is 17.7. The molecule has 0 saturated heterocycles. The predicted octanol–water partition coefficient (Wildman–Crippen LogP) is 1.14. The maximum absolute atomic E-state index is 8.96. The van der Waals surface area contributed by atoms with Crippen LogP contribution >= 0.6 is 0 Å². The van der Waals surface area contributed by atoms with Crippen molar-refractivity contribution in [1.29, 1.82) is 0 Å². The van der Waals surface area contributed by atoms with Gasteiger partial charge < -0.3 is 21.5 Å². The summed E-state index contributed by atoms with van der Waals surface area (Å²) in [5, 5.41) is 31.2. The van der Waals surface area contributed by atoms with Crippen molar-refractivity contribution >= 4 is 11.4 Å². The average molecular weight is 301 g/mol. The Hall–Kier alpha value is -1.18. The van der Waals surface area contributed by atoms with Crippen molar-refractivity contribution in [2.45, 2.75) is 65.1 Å². The van der Waals surface area contributed by atoms with E-state index < -0.39 is 16.6 Å². The summed E-state index contributed by atoms with van der Waals surface area (Å²) in [6, 6.07) is 0. The van der Waals surface area contributed by atoms with Crippen LogP contribution in [0, 0.1) is 0 Å². The molecule has 1 atom stereocenters. The lowest BCUT2D eigenvalue weighted by molar-refractivity contribution is 0.261. The lowest BCUT2D eigenvalue weighted by Crippen LogP contribution is -2.66. The number of hydrogen-bond donors (Lipinski definition) is 5. The highest BCUT2D eigenvalue weighted by atomic mass is 16.4. The van der Waals surface area contributed by atoms with Gasteiger partial charge in [-0.15, -0.1) is 0 Å². The van der Waals surface area contributed by atoms with E-state index in [1.54, 1.807) is 13.8 Å². The zero-order valence-electron chi connectivity index (χ0n) is 14.3. The molecule has 0 radical (unpaired) electrons. The van der Waals surface area contributed by atoms with Gasteiger partial charge in [0.2, 0.25) is 0 Å². The van der Waals surface area contributed by atoms with Gasteiger partial charge in [0.15, 0.2) is 0 Å². The first-order valence-electron chi connectivity index (χ1n) is 7.07. The van der Waals surface area contributed by atoms with Crippen LogP contribution in [0.2, 0.25) is 0 Å². The van der Waals surface area contributed by atoms with Crippen LogP contribution in [0.1, 0.15) is 48.5 Å². The molecule has 0 spiro atoms. The van der Waals surface area contributed by atoms with Gasteiger partial charge in [0.05, 0.1) is 22.5 Å². The zero-order valence-corrected chi connectivity index (χ0v) is 14.3. The molecule has 0 aromatic heterocycles. The van der Waals surface area contributed by atoms with Gasteiger partial charge in [0.1, 0.15) is 0 Å². The standard InChI is InChI=1S/C14H31N5O2/c1-10(17-20)12(3,4)16-9-14(7,8-15)19-13(5,6)11(2)18-21/h16,19-21H,8-9,15H2,1-7H3/b17-10+,18-11+. The summed E-state index contributed by atoms with van der Waals surface area (Å²) in [7, 11) is 0. The summed E-state index contributed by atoms with van der Waals surface area (Å²) in [6.45, 7) is 14.2. The fourth-order valence-electron chi connectivity index (χ4n) is 1.81. The summed E-state index contributed by atoms with van der Waals surface area (Å²) >= 11 is 0. The molecule has 21 heavy (non-hydrogen) atoms. The van der Waals surface area contributed by atoms with E-state index in [4.69, 9.17) is 16.1 Å². The van der Waals surface area contributed by atoms with E-state index in [2.05, 4.69) is 20.9 Å². The molecule has 1 unspecified atom stereocenters. The molecule has 0 heterocycles. The number of oxime groups is 2. The van der Waals surface area contributed by atoms with Crippen molar-refractivity contribution in [2.75, 3.05) is 13.1 Å². The maximum atomic E-state index is 8.96. The first-order valence-corrected chi connectivity index (χ1v) is 7.07. The Bertz CT molecular complexity index is 404. The molecule has 6 N–H and O–H groups in total. The van der Waals surface area contributed by atoms with Crippen LogP contribution in [0.15, 0.2) is 10.3 Å². The van der Waals surface area contributed by atoms with Gasteiger partial charge in [-0.1, -0.05) is 10.3 Å². The van der Waals surface area contributed by atoms with Crippen LogP contribution < -0.4 is 16.4 Å². The molecular formula is C14H31N5O2. The summed E-state index contributed by atoms with van der Waals surface area (Å²) in [5.41, 5.74) is 5.73. The van der Waals surface area contributed by atoms with Gasteiger partial charge in [-0.3, -0.25) is 5.32 Å². The maximum Gasteiger partial charge on any atom is 0.0734 e. The highest BCUT2D eigenvalue weighted by Gasteiger charge is 2.34. The fraction of sp³-hybridized carbons (Fsp3) is 0.857. The number of nitrogens with one attached hydrogen (secondary N) is 2. The van der Waals surface area contributed by atoms with Gasteiger partial charge in [-0.2, -0.15) is 0 Å². The Labute approximate surface area is 127 Å². The van der Waals surface area contributed by atoms with Crippen LogP contribution in [0.3, 0.4) is 0 Å². The summed E-state index contributed by atoms with van der Waals surface area (Å²) in [5.74, 6) is 0. The fourth-order valence-corrected chi connectivity index (χ4v) is 1.81. The van der Waals surface area contributed by atoms with Gasteiger partial charge in [0, 0.05) is 18.6 Å². The van der Waals surface area contributed by atoms with E-state index in [1.807, 2.05) is 34.6 Å². The van der Waals surface area contributed by atoms with Gasteiger partial charge in [-0.25, -0.2) is 0 Å². The van der Waals surface area contributed by atoms with Crippen molar-refractivity contribution in [3.05, 3.63) is 0 Å². The van der Waals surface area contributed by atoms with E-state index >= 15 is 0 Å². The number of nitrogens with two attached hydrogens (primary N) is 1. The van der Waals surface area contributed by atoms with Crippen molar-refractivity contribution in [3.8, 4) is 0 Å². The second-order valence-electron chi connectivity index (χ2n) is 6.86. The molecule has 124 valence electrons. The second-order valence-corrected chi connectivity index (χ2v) is 6.86. The van der Waals surface area contributed by atoms with Crippen LogP contribution in [-0.2, 0) is 0 Å². The highest BCUT2D eigenvalue weighted by molar-refractivity contribution is 5.90. The summed E-state index contributed by atoms with van der Waals surface area (Å²) in [4.78, 5) is 0. The minimum Gasteiger partial charge on any atom is -0.411 e. The van der Waals surface area contributed by atoms with Crippen molar-refractivity contribution in [2.24, 2.45) is 16.0 Å². The van der Waals surface area contributed by atoms with Crippen LogP contribution in [0.25, 0.3) is 0 Å². The molecule has 7 nitrogen and oxygen atoms in total. The SMILES string of the molecule is C/C(=N\O)C(C)(C)NCC(C)(CN)NC(C)(C)/C(C)=N/O. The summed E-state index contributed by atoms with van der Waals surface area (Å²) in [6.07, 6.45) is 0. The largest absolute Gasteiger partial charge is 0.411 e. The first-order chi connectivity index (χ1) is 9.44. The lowest BCUT2D eigenvalue weighted by Gasteiger charge is -2.40. The Morgan fingerprint density at radius 2 is 1.38 bits per heavy atom. The Morgan fingerprint density at radius 1 is 0.952 bits per heavy atom. The third-order valence-electron chi connectivity index (χ3n) is 4.09. The third kappa shape index (κ3) is 5.61. The van der Waals surface area contributed by atoms with Crippen LogP contribution in [0.5, 0.6) is 0 Å². The second kappa shape index (κ2) is 7.20. The van der Waals surface area contributed by atoms with E-state index in [0.29, 0.717) is 24.5 Å². The van der Waals surface area contributed by atoms with Crippen molar-refractivity contribution in [3.63, 3.8) is 0 Å². The van der Waals surface area contributed by atoms with E-state index in [-0.39, 0.29) is 0 Å². The molecule has 0 bridgehead atoms. The molecule has 0 fully saturated rings. The first kappa shape index (κ1) is 19.8. The topological polar surface area (TPSA) is 115 Å². The number of nitrogens with zero attached hydrogens (tertiary/aromatic N) is 2. The van der Waals surface area contributed by atoms with Gasteiger partial charge in [-0.05, 0) is 48.5 Å². The molecular weight excluding hydrogens is 270 g/mol. The minimum absolute atomic E-state index is 0.396.